The summed E-state index contributed by atoms with van der Waals surface area (Å²) in [6.07, 6.45) is 6.25. The first kappa shape index (κ1) is 7.56. The lowest BCUT2D eigenvalue weighted by Gasteiger charge is -2.28. The largest absolute Gasteiger partial charge is 0.298 e. The van der Waals surface area contributed by atoms with Gasteiger partial charge in [-0.15, -0.1) is 0 Å². The number of hydrogen-bond donors (Lipinski definition) is 1. The second-order valence-corrected chi connectivity index (χ2v) is 3.97. The molecule has 1 saturated heterocycles. The molecule has 11 heavy (non-hydrogen) atoms. The van der Waals surface area contributed by atoms with Crippen molar-refractivity contribution in [3.05, 3.63) is 0 Å². The molecule has 0 radical (unpaired) electrons. The molecule has 1 aliphatic carbocycles. The molecule has 0 spiro atoms. The summed E-state index contributed by atoms with van der Waals surface area (Å²) in [5.41, 5.74) is 0. The van der Waals surface area contributed by atoms with Crippen LogP contribution in [0.1, 0.15) is 32.6 Å². The SMILES string of the molecule is CC1NC2CCCCC2N1C. The second kappa shape index (κ2) is 2.76. The molecule has 64 valence electrons. The normalized spacial score (nSPS) is 45.8. The first-order chi connectivity index (χ1) is 5.29. The fourth-order valence-corrected chi connectivity index (χ4v) is 2.51. The summed E-state index contributed by atoms with van der Waals surface area (Å²) in [6, 6.07) is 1.63. The molecule has 1 N–H and O–H groups in total. The van der Waals surface area contributed by atoms with E-state index in [4.69, 9.17) is 0 Å². The number of likely N-dealkylation sites (N-methyl/N-ethyl adjacent to an activating group) is 1. The lowest BCUT2D eigenvalue weighted by Crippen LogP contribution is -2.37. The third-order valence-corrected chi connectivity index (χ3v) is 3.32. The van der Waals surface area contributed by atoms with Gasteiger partial charge in [-0.1, -0.05) is 12.8 Å². The Morgan fingerprint density at radius 2 is 2.00 bits per heavy atom. The van der Waals surface area contributed by atoms with Gasteiger partial charge in [0.25, 0.3) is 0 Å². The van der Waals surface area contributed by atoms with Crippen molar-refractivity contribution in [2.45, 2.75) is 50.9 Å². The summed E-state index contributed by atoms with van der Waals surface area (Å²) < 4.78 is 0. The zero-order valence-corrected chi connectivity index (χ0v) is 7.51. The van der Waals surface area contributed by atoms with Crippen LogP contribution in [0.4, 0.5) is 0 Å². The molecule has 2 fully saturated rings. The van der Waals surface area contributed by atoms with E-state index in [1.165, 1.54) is 25.7 Å². The quantitative estimate of drug-likeness (QED) is 0.563. The fourth-order valence-electron chi connectivity index (χ4n) is 2.51. The highest BCUT2D eigenvalue weighted by molar-refractivity contribution is 4.94. The molecule has 2 nitrogen and oxygen atoms in total. The van der Waals surface area contributed by atoms with Crippen LogP contribution in [-0.4, -0.2) is 30.2 Å². The van der Waals surface area contributed by atoms with Gasteiger partial charge in [0.15, 0.2) is 0 Å². The smallest absolute Gasteiger partial charge is 0.0571 e. The second-order valence-electron chi connectivity index (χ2n) is 3.97. The van der Waals surface area contributed by atoms with Gasteiger partial charge < -0.3 is 0 Å². The standard InChI is InChI=1S/C9H18N2/c1-7-10-8-5-3-4-6-9(8)11(7)2/h7-10H,3-6H2,1-2H3. The molecule has 1 saturated carbocycles. The van der Waals surface area contributed by atoms with Crippen LogP contribution in [0.3, 0.4) is 0 Å². The molecular weight excluding hydrogens is 136 g/mol. The van der Waals surface area contributed by atoms with Crippen molar-refractivity contribution < 1.29 is 0 Å². The Morgan fingerprint density at radius 3 is 2.73 bits per heavy atom. The maximum Gasteiger partial charge on any atom is 0.0571 e. The molecular formula is C9H18N2. The van der Waals surface area contributed by atoms with Crippen molar-refractivity contribution in [3.63, 3.8) is 0 Å². The highest BCUT2D eigenvalue weighted by Crippen LogP contribution is 2.27. The highest BCUT2D eigenvalue weighted by Gasteiger charge is 2.36. The van der Waals surface area contributed by atoms with Crippen molar-refractivity contribution in [2.75, 3.05) is 7.05 Å². The zero-order valence-electron chi connectivity index (χ0n) is 7.51. The summed E-state index contributed by atoms with van der Waals surface area (Å²) in [6.45, 7) is 2.26. The van der Waals surface area contributed by atoms with E-state index in [-0.39, 0.29) is 0 Å². The monoisotopic (exact) mass is 154 g/mol. The molecule has 2 rings (SSSR count). The van der Waals surface area contributed by atoms with E-state index in [1.54, 1.807) is 0 Å². The van der Waals surface area contributed by atoms with E-state index in [0.29, 0.717) is 6.17 Å². The molecule has 0 aromatic rings. The van der Waals surface area contributed by atoms with Crippen LogP contribution in [-0.2, 0) is 0 Å². The van der Waals surface area contributed by atoms with Crippen molar-refractivity contribution in [1.82, 2.24) is 10.2 Å². The Labute approximate surface area is 69.0 Å². The van der Waals surface area contributed by atoms with Crippen molar-refractivity contribution >= 4 is 0 Å². The van der Waals surface area contributed by atoms with Gasteiger partial charge in [0.05, 0.1) is 6.17 Å². The Kier molecular flexibility index (Phi) is 1.90. The molecule has 2 heteroatoms. The first-order valence-electron chi connectivity index (χ1n) is 4.77. The van der Waals surface area contributed by atoms with Crippen molar-refractivity contribution in [1.29, 1.82) is 0 Å². The van der Waals surface area contributed by atoms with Gasteiger partial charge in [-0.2, -0.15) is 0 Å². The number of nitrogens with zero attached hydrogens (tertiary/aromatic N) is 1. The number of fused-ring (bicyclic) bond motifs is 1. The highest BCUT2D eigenvalue weighted by atomic mass is 15.3. The van der Waals surface area contributed by atoms with Gasteiger partial charge in [-0.3, -0.25) is 10.2 Å². The maximum absolute atomic E-state index is 3.63. The minimum Gasteiger partial charge on any atom is -0.298 e. The van der Waals surface area contributed by atoms with E-state index in [0.717, 1.165) is 12.1 Å². The van der Waals surface area contributed by atoms with Gasteiger partial charge >= 0.3 is 0 Å². The van der Waals surface area contributed by atoms with E-state index in [9.17, 15) is 0 Å². The lowest BCUT2D eigenvalue weighted by molar-refractivity contribution is 0.213. The molecule has 3 atom stereocenters. The summed E-state index contributed by atoms with van der Waals surface area (Å²) in [5, 5.41) is 3.63. The predicted molar refractivity (Wildman–Crippen MR) is 46.4 cm³/mol. The predicted octanol–water partition coefficient (Wildman–Crippen LogP) is 1.18. The van der Waals surface area contributed by atoms with Crippen molar-refractivity contribution in [3.8, 4) is 0 Å². The Balaban J connectivity index is 2.05. The van der Waals surface area contributed by atoms with Crippen LogP contribution < -0.4 is 5.32 Å². The summed E-state index contributed by atoms with van der Waals surface area (Å²) in [4.78, 5) is 2.49. The van der Waals surface area contributed by atoms with Crippen LogP contribution in [0, 0.1) is 0 Å². The minimum absolute atomic E-state index is 0.600. The third kappa shape index (κ3) is 1.18. The maximum atomic E-state index is 3.63. The van der Waals surface area contributed by atoms with Gasteiger partial charge in [0.1, 0.15) is 0 Å². The minimum atomic E-state index is 0.600. The third-order valence-electron chi connectivity index (χ3n) is 3.32. The molecule has 1 aliphatic heterocycles. The summed E-state index contributed by atoms with van der Waals surface area (Å²) >= 11 is 0. The Hall–Kier alpha value is -0.0800. The molecule has 0 aromatic carbocycles. The van der Waals surface area contributed by atoms with Gasteiger partial charge in [-0.05, 0) is 26.8 Å². The number of rotatable bonds is 0. The van der Waals surface area contributed by atoms with Gasteiger partial charge in [0, 0.05) is 12.1 Å². The van der Waals surface area contributed by atoms with E-state index >= 15 is 0 Å². The average molecular weight is 154 g/mol. The van der Waals surface area contributed by atoms with Crippen LogP contribution in [0.2, 0.25) is 0 Å². The molecule has 3 unspecified atom stereocenters. The summed E-state index contributed by atoms with van der Waals surface area (Å²) in [7, 11) is 2.24. The van der Waals surface area contributed by atoms with Gasteiger partial charge in [0.2, 0.25) is 0 Å². The van der Waals surface area contributed by atoms with Gasteiger partial charge in [-0.25, -0.2) is 0 Å². The molecule has 0 bridgehead atoms. The molecule has 0 amide bonds. The molecule has 1 heterocycles. The van der Waals surface area contributed by atoms with Crippen molar-refractivity contribution in [2.24, 2.45) is 0 Å². The van der Waals surface area contributed by atoms with E-state index in [2.05, 4.69) is 24.2 Å². The number of hydrogen-bond acceptors (Lipinski definition) is 2. The van der Waals surface area contributed by atoms with Crippen LogP contribution >= 0.6 is 0 Å². The van der Waals surface area contributed by atoms with Crippen LogP contribution in [0.25, 0.3) is 0 Å². The molecule has 0 aromatic heterocycles. The van der Waals surface area contributed by atoms with Crippen LogP contribution in [0.15, 0.2) is 0 Å². The van der Waals surface area contributed by atoms with E-state index < -0.39 is 0 Å². The topological polar surface area (TPSA) is 15.3 Å². The zero-order chi connectivity index (χ0) is 7.84. The lowest BCUT2D eigenvalue weighted by atomic mass is 9.91. The first-order valence-corrected chi connectivity index (χ1v) is 4.77. The molecule has 2 aliphatic rings. The van der Waals surface area contributed by atoms with E-state index in [1.807, 2.05) is 0 Å². The Bertz CT molecular complexity index is 146. The number of nitrogens with one attached hydrogen (secondary N) is 1. The summed E-state index contributed by atoms with van der Waals surface area (Å²) in [5.74, 6) is 0. The fraction of sp³-hybridized carbons (Fsp3) is 1.00. The Morgan fingerprint density at radius 1 is 1.27 bits per heavy atom. The average Bonchev–Trinajstić information content (AvgIpc) is 2.30. The van der Waals surface area contributed by atoms with Crippen LogP contribution in [0.5, 0.6) is 0 Å².